The zero-order chi connectivity index (χ0) is 15.4. The van der Waals surface area contributed by atoms with E-state index in [1.165, 1.54) is 0 Å². The van der Waals surface area contributed by atoms with Crippen LogP contribution in [0, 0.1) is 11.8 Å². The van der Waals surface area contributed by atoms with Crippen LogP contribution in [-0.4, -0.2) is 23.1 Å². The second kappa shape index (κ2) is 6.61. The molecule has 1 aromatic carbocycles. The predicted molar refractivity (Wildman–Crippen MR) is 79.8 cm³/mol. The van der Waals surface area contributed by atoms with Gasteiger partial charge >= 0.3 is 12.0 Å². The van der Waals surface area contributed by atoms with Crippen LogP contribution in [0.4, 0.5) is 4.79 Å². The molecule has 114 valence electrons. The first-order chi connectivity index (χ1) is 9.99. The van der Waals surface area contributed by atoms with Gasteiger partial charge in [0.25, 0.3) is 0 Å². The number of carbonyl (C=O) groups excluding carboxylic acids is 1. The molecule has 4 atom stereocenters. The summed E-state index contributed by atoms with van der Waals surface area (Å²) in [5, 5.41) is 14.7. The van der Waals surface area contributed by atoms with Crippen molar-refractivity contribution in [3.05, 3.63) is 35.9 Å². The molecule has 2 rings (SSSR count). The van der Waals surface area contributed by atoms with E-state index < -0.39 is 18.0 Å². The number of hydrogen-bond acceptors (Lipinski definition) is 2. The molecule has 1 aliphatic carbocycles. The Hall–Kier alpha value is -2.04. The summed E-state index contributed by atoms with van der Waals surface area (Å²) in [6, 6.07) is 7.38. The van der Waals surface area contributed by atoms with E-state index in [-0.39, 0.29) is 6.04 Å². The monoisotopic (exact) mass is 290 g/mol. The molecule has 0 aliphatic heterocycles. The molecule has 1 aromatic rings. The van der Waals surface area contributed by atoms with Crippen LogP contribution in [0.3, 0.4) is 0 Å². The van der Waals surface area contributed by atoms with Crippen LogP contribution in [0.1, 0.15) is 38.3 Å². The maximum Gasteiger partial charge on any atom is 0.330 e. The summed E-state index contributed by atoms with van der Waals surface area (Å²) in [6.07, 6.45) is 2.03. The number of aliphatic carboxylic acids is 1. The smallest absolute Gasteiger partial charge is 0.330 e. The van der Waals surface area contributed by atoms with E-state index in [9.17, 15) is 14.7 Å². The van der Waals surface area contributed by atoms with Crippen LogP contribution in [0.2, 0.25) is 0 Å². The molecule has 1 fully saturated rings. The molecule has 1 saturated carbocycles. The summed E-state index contributed by atoms with van der Waals surface area (Å²) in [5.41, 5.74) is 0.563. The summed E-state index contributed by atoms with van der Waals surface area (Å²) in [5.74, 6) is -0.0698. The topological polar surface area (TPSA) is 78.4 Å². The van der Waals surface area contributed by atoms with Gasteiger partial charge in [0.2, 0.25) is 0 Å². The van der Waals surface area contributed by atoms with E-state index in [2.05, 4.69) is 24.5 Å². The first-order valence-corrected chi connectivity index (χ1v) is 7.34. The van der Waals surface area contributed by atoms with Crippen molar-refractivity contribution >= 4 is 12.0 Å². The quantitative estimate of drug-likeness (QED) is 0.797. The maximum atomic E-state index is 12.1. The van der Waals surface area contributed by atoms with E-state index in [4.69, 9.17) is 0 Å². The molecular formula is C16H22N2O3. The van der Waals surface area contributed by atoms with Gasteiger partial charge in [0.05, 0.1) is 0 Å². The molecule has 5 heteroatoms. The Bertz CT molecular complexity index is 504. The van der Waals surface area contributed by atoms with E-state index in [1.54, 1.807) is 24.3 Å². The standard InChI is InChI=1S/C16H22N2O3/c1-10-8-9-13(11(10)2)17-16(21)18-14(15(19)20)12-6-4-3-5-7-12/h3-7,10-11,13-14H,8-9H2,1-2H3,(H,19,20)(H2,17,18,21)/t10?,11?,13?,14-/m0/s1. The average Bonchev–Trinajstić information content (AvgIpc) is 2.77. The summed E-state index contributed by atoms with van der Waals surface area (Å²) < 4.78 is 0. The van der Waals surface area contributed by atoms with Crippen molar-refractivity contribution in [2.45, 2.75) is 38.8 Å². The van der Waals surface area contributed by atoms with Gasteiger partial charge in [-0.2, -0.15) is 0 Å². The van der Waals surface area contributed by atoms with Gasteiger partial charge in [0.1, 0.15) is 0 Å². The van der Waals surface area contributed by atoms with Gasteiger partial charge in [-0.25, -0.2) is 9.59 Å². The molecule has 0 bridgehead atoms. The Kier molecular flexibility index (Phi) is 4.83. The Morgan fingerprint density at radius 2 is 1.86 bits per heavy atom. The third kappa shape index (κ3) is 3.74. The zero-order valence-electron chi connectivity index (χ0n) is 12.4. The lowest BCUT2D eigenvalue weighted by Crippen LogP contribution is -2.46. The van der Waals surface area contributed by atoms with Crippen molar-refractivity contribution in [3.63, 3.8) is 0 Å². The maximum absolute atomic E-state index is 12.1. The van der Waals surface area contributed by atoms with Crippen molar-refractivity contribution in [1.82, 2.24) is 10.6 Å². The Morgan fingerprint density at radius 3 is 2.38 bits per heavy atom. The molecular weight excluding hydrogens is 268 g/mol. The highest BCUT2D eigenvalue weighted by molar-refractivity contribution is 5.83. The van der Waals surface area contributed by atoms with Crippen LogP contribution >= 0.6 is 0 Å². The molecule has 21 heavy (non-hydrogen) atoms. The molecule has 0 saturated heterocycles. The van der Waals surface area contributed by atoms with Crippen molar-refractivity contribution < 1.29 is 14.7 Å². The predicted octanol–water partition coefficient (Wildman–Crippen LogP) is 2.55. The Morgan fingerprint density at radius 1 is 1.19 bits per heavy atom. The number of hydrogen-bond donors (Lipinski definition) is 3. The molecule has 0 heterocycles. The van der Waals surface area contributed by atoms with Crippen LogP contribution in [-0.2, 0) is 4.79 Å². The summed E-state index contributed by atoms with van der Waals surface area (Å²) in [4.78, 5) is 23.4. The van der Waals surface area contributed by atoms with Crippen molar-refractivity contribution in [2.24, 2.45) is 11.8 Å². The molecule has 0 radical (unpaired) electrons. The minimum atomic E-state index is -1.07. The zero-order valence-corrected chi connectivity index (χ0v) is 12.4. The fourth-order valence-corrected chi connectivity index (χ4v) is 2.84. The largest absolute Gasteiger partial charge is 0.479 e. The number of rotatable bonds is 4. The lowest BCUT2D eigenvalue weighted by molar-refractivity contribution is -0.139. The minimum Gasteiger partial charge on any atom is -0.479 e. The highest BCUT2D eigenvalue weighted by Crippen LogP contribution is 2.31. The van der Waals surface area contributed by atoms with E-state index in [0.29, 0.717) is 17.4 Å². The number of urea groups is 1. The van der Waals surface area contributed by atoms with Gasteiger partial charge < -0.3 is 15.7 Å². The second-order valence-corrected chi connectivity index (χ2v) is 5.82. The molecule has 0 aromatic heterocycles. The van der Waals surface area contributed by atoms with E-state index in [0.717, 1.165) is 12.8 Å². The van der Waals surface area contributed by atoms with Crippen molar-refractivity contribution in [3.8, 4) is 0 Å². The van der Waals surface area contributed by atoms with Crippen LogP contribution in [0.25, 0.3) is 0 Å². The van der Waals surface area contributed by atoms with Gasteiger partial charge in [0, 0.05) is 6.04 Å². The van der Waals surface area contributed by atoms with E-state index in [1.807, 2.05) is 6.07 Å². The first kappa shape index (κ1) is 15.4. The van der Waals surface area contributed by atoms with Gasteiger partial charge in [-0.05, 0) is 30.2 Å². The van der Waals surface area contributed by atoms with Gasteiger partial charge in [-0.3, -0.25) is 0 Å². The summed E-state index contributed by atoms with van der Waals surface area (Å²) in [7, 11) is 0. The highest BCUT2D eigenvalue weighted by atomic mass is 16.4. The molecule has 1 aliphatic rings. The fourth-order valence-electron chi connectivity index (χ4n) is 2.84. The Labute approximate surface area is 124 Å². The van der Waals surface area contributed by atoms with Crippen LogP contribution in [0.15, 0.2) is 30.3 Å². The normalized spacial score (nSPS) is 26.1. The molecule has 3 unspecified atom stereocenters. The molecule has 5 nitrogen and oxygen atoms in total. The molecule has 0 spiro atoms. The number of carboxylic acid groups (broad SMARTS) is 1. The molecule has 3 N–H and O–H groups in total. The third-order valence-corrected chi connectivity index (χ3v) is 4.44. The average molecular weight is 290 g/mol. The third-order valence-electron chi connectivity index (χ3n) is 4.44. The second-order valence-electron chi connectivity index (χ2n) is 5.82. The Balaban J connectivity index is 1.98. The SMILES string of the molecule is CC1CCC(NC(=O)N[C@H](C(=O)O)c2ccccc2)C1C. The van der Waals surface area contributed by atoms with Gasteiger partial charge in [-0.15, -0.1) is 0 Å². The summed E-state index contributed by atoms with van der Waals surface area (Å²) >= 11 is 0. The molecule has 2 amide bonds. The van der Waals surface area contributed by atoms with Crippen LogP contribution in [0.5, 0.6) is 0 Å². The van der Waals surface area contributed by atoms with Crippen molar-refractivity contribution in [1.29, 1.82) is 0 Å². The van der Waals surface area contributed by atoms with E-state index >= 15 is 0 Å². The number of nitrogens with one attached hydrogen (secondary N) is 2. The highest BCUT2D eigenvalue weighted by Gasteiger charge is 2.31. The summed E-state index contributed by atoms with van der Waals surface area (Å²) in [6.45, 7) is 4.29. The van der Waals surface area contributed by atoms with Gasteiger partial charge in [0.15, 0.2) is 6.04 Å². The number of carboxylic acids is 1. The van der Waals surface area contributed by atoms with Crippen LogP contribution < -0.4 is 10.6 Å². The minimum absolute atomic E-state index is 0.116. The number of benzene rings is 1. The number of amides is 2. The van der Waals surface area contributed by atoms with Crippen molar-refractivity contribution in [2.75, 3.05) is 0 Å². The van der Waals surface area contributed by atoms with Gasteiger partial charge in [-0.1, -0.05) is 44.2 Å². The fraction of sp³-hybridized carbons (Fsp3) is 0.500. The lowest BCUT2D eigenvalue weighted by atomic mass is 9.98. The first-order valence-electron chi connectivity index (χ1n) is 7.34. The lowest BCUT2D eigenvalue weighted by Gasteiger charge is -2.22. The number of carbonyl (C=O) groups is 2.